The molecule has 3 N–H and O–H groups in total. The minimum absolute atomic E-state index is 0.611. The molecule has 1 heterocycles. The van der Waals surface area contributed by atoms with Gasteiger partial charge < -0.3 is 20.9 Å². The van der Waals surface area contributed by atoms with Crippen LogP contribution in [0.25, 0.3) is 0 Å². The Morgan fingerprint density at radius 2 is 2.16 bits per heavy atom. The summed E-state index contributed by atoms with van der Waals surface area (Å²) in [6.45, 7) is 2.40. The summed E-state index contributed by atoms with van der Waals surface area (Å²) in [6, 6.07) is 6.94. The van der Waals surface area contributed by atoms with Gasteiger partial charge in [-0.15, -0.1) is 0 Å². The van der Waals surface area contributed by atoms with Crippen LogP contribution in [0.2, 0.25) is 0 Å². The number of rotatable bonds is 4. The zero-order valence-electron chi connectivity index (χ0n) is 11.7. The molecule has 1 aliphatic heterocycles. The van der Waals surface area contributed by atoms with Gasteiger partial charge in [-0.3, -0.25) is 0 Å². The van der Waals surface area contributed by atoms with E-state index in [0.29, 0.717) is 11.5 Å². The first kappa shape index (κ1) is 12.5. The van der Waals surface area contributed by atoms with E-state index >= 15 is 0 Å². The molecule has 1 aromatic rings. The van der Waals surface area contributed by atoms with Gasteiger partial charge in [-0.05, 0) is 36.5 Å². The van der Waals surface area contributed by atoms with E-state index in [-0.39, 0.29) is 0 Å². The predicted molar refractivity (Wildman–Crippen MR) is 80.6 cm³/mol. The Balaban J connectivity index is 1.73. The van der Waals surface area contributed by atoms with Crippen LogP contribution in [0.1, 0.15) is 18.4 Å². The highest BCUT2D eigenvalue weighted by atomic mass is 15.2. The first-order chi connectivity index (χ1) is 9.17. The monoisotopic (exact) mass is 258 g/mol. The highest BCUT2D eigenvalue weighted by Gasteiger charge is 2.49. The molecule has 0 aromatic heterocycles. The van der Waals surface area contributed by atoms with Crippen molar-refractivity contribution in [2.45, 2.75) is 18.9 Å². The predicted octanol–water partition coefficient (Wildman–Crippen LogP) is 1.91. The second kappa shape index (κ2) is 4.53. The minimum atomic E-state index is 0.611. The van der Waals surface area contributed by atoms with Crippen molar-refractivity contribution in [2.24, 2.45) is 5.41 Å². The third kappa shape index (κ3) is 2.00. The van der Waals surface area contributed by atoms with Gasteiger partial charge in [0.15, 0.2) is 0 Å². The first-order valence-corrected chi connectivity index (χ1v) is 6.93. The normalized spacial score (nSPS) is 20.5. The lowest BCUT2D eigenvalue weighted by Gasteiger charge is -2.57. The fourth-order valence-electron chi connectivity index (χ4n) is 3.30. The Morgan fingerprint density at radius 1 is 1.42 bits per heavy atom. The van der Waals surface area contributed by atoms with E-state index in [1.807, 2.05) is 13.1 Å². The largest absolute Gasteiger partial charge is 0.388 e. The van der Waals surface area contributed by atoms with Crippen LogP contribution in [0.4, 0.5) is 11.4 Å². The maximum absolute atomic E-state index is 7.40. The highest BCUT2D eigenvalue weighted by molar-refractivity contribution is 5.87. The quantitative estimate of drug-likeness (QED) is 0.723. The van der Waals surface area contributed by atoms with Gasteiger partial charge in [-0.2, -0.15) is 0 Å². The van der Waals surface area contributed by atoms with Gasteiger partial charge in [-0.25, -0.2) is 0 Å². The molecule has 0 radical (unpaired) electrons. The lowest BCUT2D eigenvalue weighted by atomic mass is 9.61. The van der Waals surface area contributed by atoms with Crippen LogP contribution in [-0.4, -0.2) is 39.4 Å². The molecule has 4 nitrogen and oxygen atoms in total. The van der Waals surface area contributed by atoms with Gasteiger partial charge in [-0.1, -0.05) is 0 Å². The number of hydrogen-bond acceptors (Lipinski definition) is 4. The van der Waals surface area contributed by atoms with E-state index in [9.17, 15) is 0 Å². The maximum atomic E-state index is 7.40. The van der Waals surface area contributed by atoms with Gasteiger partial charge >= 0.3 is 0 Å². The van der Waals surface area contributed by atoms with E-state index in [0.717, 1.165) is 11.3 Å². The van der Waals surface area contributed by atoms with E-state index in [2.05, 4.69) is 34.7 Å². The van der Waals surface area contributed by atoms with Crippen molar-refractivity contribution >= 4 is 17.6 Å². The van der Waals surface area contributed by atoms with Crippen LogP contribution in [0, 0.1) is 10.8 Å². The van der Waals surface area contributed by atoms with Crippen molar-refractivity contribution in [1.29, 1.82) is 5.41 Å². The van der Waals surface area contributed by atoms with E-state index in [1.165, 1.54) is 37.8 Å². The maximum Gasteiger partial charge on any atom is 0.0447 e. The SMILES string of the molecule is CNc1cc(N(C)C2CC3(CNC3)C2)ccc1C=N. The molecule has 1 saturated carbocycles. The van der Waals surface area contributed by atoms with Gasteiger partial charge in [0.1, 0.15) is 0 Å². The Bertz CT molecular complexity index is 485. The molecule has 1 aliphatic carbocycles. The zero-order chi connectivity index (χ0) is 13.5. The molecular formula is C15H22N4. The molecule has 2 fully saturated rings. The molecule has 1 aromatic carbocycles. The van der Waals surface area contributed by atoms with Crippen molar-refractivity contribution in [3.05, 3.63) is 23.8 Å². The van der Waals surface area contributed by atoms with Crippen LogP contribution in [0.15, 0.2) is 18.2 Å². The van der Waals surface area contributed by atoms with Crippen LogP contribution in [0.3, 0.4) is 0 Å². The molecule has 0 amide bonds. The summed E-state index contributed by atoms with van der Waals surface area (Å²) in [5.74, 6) is 0. The fourth-order valence-corrected chi connectivity index (χ4v) is 3.30. The number of hydrogen-bond donors (Lipinski definition) is 3. The molecule has 1 saturated heterocycles. The number of nitrogens with one attached hydrogen (secondary N) is 3. The van der Waals surface area contributed by atoms with Crippen molar-refractivity contribution in [3.8, 4) is 0 Å². The molecule has 0 bridgehead atoms. The molecule has 0 atom stereocenters. The Hall–Kier alpha value is -1.55. The number of anilines is 2. The third-order valence-corrected chi connectivity index (χ3v) is 4.75. The molecular weight excluding hydrogens is 236 g/mol. The van der Waals surface area contributed by atoms with Gasteiger partial charge in [0.05, 0.1) is 0 Å². The van der Waals surface area contributed by atoms with Gasteiger partial charge in [0, 0.05) is 56.4 Å². The molecule has 102 valence electrons. The molecule has 3 rings (SSSR count). The van der Waals surface area contributed by atoms with Crippen molar-refractivity contribution in [3.63, 3.8) is 0 Å². The van der Waals surface area contributed by atoms with Crippen molar-refractivity contribution in [2.75, 3.05) is 37.4 Å². The number of nitrogens with zero attached hydrogens (tertiary/aromatic N) is 1. The Labute approximate surface area is 114 Å². The summed E-state index contributed by atoms with van der Waals surface area (Å²) in [7, 11) is 4.09. The lowest BCUT2D eigenvalue weighted by Crippen LogP contribution is -2.64. The third-order valence-electron chi connectivity index (χ3n) is 4.75. The molecule has 2 aliphatic rings. The van der Waals surface area contributed by atoms with Crippen LogP contribution < -0.4 is 15.5 Å². The molecule has 19 heavy (non-hydrogen) atoms. The zero-order valence-corrected chi connectivity index (χ0v) is 11.7. The Morgan fingerprint density at radius 3 is 2.68 bits per heavy atom. The van der Waals surface area contributed by atoms with Crippen LogP contribution in [0.5, 0.6) is 0 Å². The second-order valence-electron chi connectivity index (χ2n) is 5.94. The highest BCUT2D eigenvalue weighted by Crippen LogP contribution is 2.47. The smallest absolute Gasteiger partial charge is 0.0447 e. The summed E-state index contributed by atoms with van der Waals surface area (Å²) < 4.78 is 0. The lowest BCUT2D eigenvalue weighted by molar-refractivity contribution is 0.0374. The van der Waals surface area contributed by atoms with E-state index in [1.54, 1.807) is 0 Å². The molecule has 1 spiro atoms. The first-order valence-electron chi connectivity index (χ1n) is 6.93. The van der Waals surface area contributed by atoms with Crippen molar-refractivity contribution < 1.29 is 0 Å². The average Bonchev–Trinajstić information content (AvgIpc) is 2.34. The van der Waals surface area contributed by atoms with Crippen LogP contribution in [-0.2, 0) is 0 Å². The minimum Gasteiger partial charge on any atom is -0.388 e. The van der Waals surface area contributed by atoms with Crippen LogP contribution >= 0.6 is 0 Å². The van der Waals surface area contributed by atoms with Gasteiger partial charge in [0.25, 0.3) is 0 Å². The molecule has 4 heteroatoms. The van der Waals surface area contributed by atoms with E-state index in [4.69, 9.17) is 5.41 Å². The standard InChI is InChI=1S/C15H22N4/c1-17-14-5-12(4-3-11(14)8-16)19(2)13-6-15(7-13)9-18-10-15/h3-5,8,13,16-18H,6-7,9-10H2,1-2H3. The summed E-state index contributed by atoms with van der Waals surface area (Å²) in [4.78, 5) is 2.39. The van der Waals surface area contributed by atoms with Gasteiger partial charge in [0.2, 0.25) is 0 Å². The number of benzene rings is 1. The van der Waals surface area contributed by atoms with E-state index < -0.39 is 0 Å². The topological polar surface area (TPSA) is 51.1 Å². The molecule has 0 unspecified atom stereocenters. The average molecular weight is 258 g/mol. The van der Waals surface area contributed by atoms with Crippen molar-refractivity contribution in [1.82, 2.24) is 5.32 Å². The Kier molecular flexibility index (Phi) is 2.97. The summed E-state index contributed by atoms with van der Waals surface area (Å²) in [6.07, 6.45) is 4.00. The fraction of sp³-hybridized carbons (Fsp3) is 0.533. The summed E-state index contributed by atoms with van der Waals surface area (Å²) >= 11 is 0. The second-order valence-corrected chi connectivity index (χ2v) is 5.94. The summed E-state index contributed by atoms with van der Waals surface area (Å²) in [5.41, 5.74) is 3.81. The summed E-state index contributed by atoms with van der Waals surface area (Å²) in [5, 5.41) is 13.9.